The molecule has 0 saturated heterocycles. The van der Waals surface area contributed by atoms with Crippen molar-refractivity contribution in [3.05, 3.63) is 56.4 Å². The van der Waals surface area contributed by atoms with Gasteiger partial charge in [-0.05, 0) is 0 Å². The maximum Gasteiger partial charge on any atom is -1.00 e. The van der Waals surface area contributed by atoms with E-state index in [1.807, 2.05) is 0 Å². The fourth-order valence-corrected chi connectivity index (χ4v) is 6.32. The van der Waals surface area contributed by atoms with Gasteiger partial charge in [-0.3, -0.25) is 0 Å². The van der Waals surface area contributed by atoms with Gasteiger partial charge in [0.15, 0.2) is 0 Å². The smallest absolute Gasteiger partial charge is 1.00 e. The number of hydrogen-bond donors (Lipinski definition) is 0. The summed E-state index contributed by atoms with van der Waals surface area (Å²) >= 11 is -0.577. The predicted molar refractivity (Wildman–Crippen MR) is 74.6 cm³/mol. The van der Waals surface area contributed by atoms with E-state index in [9.17, 15) is 0 Å². The summed E-state index contributed by atoms with van der Waals surface area (Å²) in [5.74, 6) is 0.620. The van der Waals surface area contributed by atoms with E-state index in [-0.39, 0.29) is 24.8 Å². The third kappa shape index (κ3) is 3.06. The van der Waals surface area contributed by atoms with E-state index in [1.165, 1.54) is 6.42 Å². The van der Waals surface area contributed by atoms with Crippen molar-refractivity contribution < 1.29 is 48.0 Å². The van der Waals surface area contributed by atoms with E-state index in [4.69, 9.17) is 0 Å². The Kier molecular flexibility index (Phi) is 6.51. The summed E-state index contributed by atoms with van der Waals surface area (Å²) in [6.45, 7) is 6.95. The minimum Gasteiger partial charge on any atom is -1.00 e. The summed E-state index contributed by atoms with van der Waals surface area (Å²) in [6, 6.07) is 6.96. The van der Waals surface area contributed by atoms with E-state index in [1.54, 1.807) is 28.8 Å². The first kappa shape index (κ1) is 18.0. The van der Waals surface area contributed by atoms with E-state index in [0.717, 1.165) is 0 Å². The second kappa shape index (κ2) is 7.25. The molecule has 1 unspecified atom stereocenters. The first-order chi connectivity index (χ1) is 8.68. The Bertz CT molecular complexity index is 597. The van der Waals surface area contributed by atoms with E-state index in [0.29, 0.717) is 5.92 Å². The van der Waals surface area contributed by atoms with Gasteiger partial charge in [-0.2, -0.15) is 0 Å². The average Bonchev–Trinajstić information content (AvgIpc) is 2.95. The van der Waals surface area contributed by atoms with Gasteiger partial charge in [0.25, 0.3) is 0 Å². The van der Waals surface area contributed by atoms with Crippen molar-refractivity contribution in [2.45, 2.75) is 33.1 Å². The van der Waals surface area contributed by atoms with Gasteiger partial charge in [0.05, 0.1) is 0 Å². The Balaban J connectivity index is 0.000001000. The summed E-state index contributed by atoms with van der Waals surface area (Å²) in [4.78, 5) is 0. The zero-order valence-electron chi connectivity index (χ0n) is 12.0. The molecule has 0 spiro atoms. The summed E-state index contributed by atoms with van der Waals surface area (Å²) in [5, 5.41) is 0. The molecule has 0 bridgehead atoms. The molecular formula is C17H18Cl2Zr. The van der Waals surface area contributed by atoms with Crippen LogP contribution in [0.3, 0.4) is 0 Å². The number of rotatable bonds is 2. The van der Waals surface area contributed by atoms with Crippen molar-refractivity contribution in [2.75, 3.05) is 0 Å². The van der Waals surface area contributed by atoms with Crippen molar-refractivity contribution in [1.82, 2.24) is 0 Å². The Morgan fingerprint density at radius 1 is 1.15 bits per heavy atom. The van der Waals surface area contributed by atoms with Gasteiger partial charge in [0.1, 0.15) is 0 Å². The quantitative estimate of drug-likeness (QED) is 0.562. The zero-order valence-corrected chi connectivity index (χ0v) is 16.0. The van der Waals surface area contributed by atoms with Crippen molar-refractivity contribution >= 4 is 8.84 Å². The monoisotopic (exact) mass is 382 g/mol. The van der Waals surface area contributed by atoms with Gasteiger partial charge < -0.3 is 24.8 Å². The average molecular weight is 384 g/mol. The molecule has 0 N–H and O–H groups in total. The van der Waals surface area contributed by atoms with Crippen molar-refractivity contribution in [1.29, 1.82) is 0 Å². The predicted octanol–water partition coefficient (Wildman–Crippen LogP) is -1.84. The third-order valence-electron chi connectivity index (χ3n) is 4.25. The molecule has 0 heterocycles. The first-order valence-corrected chi connectivity index (χ1v) is 9.07. The van der Waals surface area contributed by atoms with Crippen molar-refractivity contribution in [2.24, 2.45) is 0 Å². The van der Waals surface area contributed by atoms with Crippen LogP contribution in [0.4, 0.5) is 0 Å². The fraction of sp³-hybridized carbons (Fsp3) is 0.294. The van der Waals surface area contributed by atoms with Crippen LogP contribution in [0, 0.1) is 0 Å². The Morgan fingerprint density at radius 2 is 1.90 bits per heavy atom. The molecule has 0 aliphatic heterocycles. The normalized spacial score (nSPS) is 18.9. The van der Waals surface area contributed by atoms with Gasteiger partial charge in [-0.1, -0.05) is 0 Å². The second-order valence-corrected chi connectivity index (χ2v) is 8.77. The van der Waals surface area contributed by atoms with Crippen molar-refractivity contribution in [3.63, 3.8) is 0 Å². The first-order valence-electron chi connectivity index (χ1n) is 6.62. The zero-order chi connectivity index (χ0) is 12.7. The van der Waals surface area contributed by atoms with E-state index < -0.39 is 23.2 Å². The maximum atomic E-state index is 2.37. The van der Waals surface area contributed by atoms with E-state index in [2.05, 4.69) is 57.2 Å². The van der Waals surface area contributed by atoms with Crippen LogP contribution in [-0.4, -0.2) is 0 Å². The van der Waals surface area contributed by atoms with Crippen LogP contribution < -0.4 is 28.1 Å². The van der Waals surface area contributed by atoms with Crippen LogP contribution in [0.2, 0.25) is 0 Å². The minimum absolute atomic E-state index is 0. The molecule has 0 fully saturated rings. The molecule has 2 aliphatic carbocycles. The fourth-order valence-electron chi connectivity index (χ4n) is 2.92. The molecule has 0 amide bonds. The van der Waals surface area contributed by atoms with Crippen LogP contribution in [0.15, 0.2) is 45.3 Å². The number of halogens is 2. The largest absolute Gasteiger partial charge is 1.00 e. The standard InChI is InChI=1S/C12H13.C5H5.2ClH.Zr/c1-8-9(2)11-6-4-5-7-12(11)10(8)3;1-2-4-5-3-1;;;/h4-6,9H,1-3H3;1-3H,4H2;2*1H;/q;;;;+2/p-2. The molecule has 0 nitrogen and oxygen atoms in total. The second-order valence-electron chi connectivity index (χ2n) is 5.25. The molecular weight excluding hydrogens is 366 g/mol. The summed E-state index contributed by atoms with van der Waals surface area (Å²) in [5.41, 5.74) is 6.27. The van der Waals surface area contributed by atoms with Crippen LogP contribution in [0.5, 0.6) is 0 Å². The van der Waals surface area contributed by atoms with Crippen molar-refractivity contribution in [3.8, 4) is 0 Å². The molecule has 104 valence electrons. The summed E-state index contributed by atoms with van der Waals surface area (Å²) in [6.07, 6.45) is 8.05. The van der Waals surface area contributed by atoms with Crippen LogP contribution in [0.25, 0.3) is 5.57 Å². The molecule has 0 saturated carbocycles. The SMILES string of the molecule is CC1=C(C)C(C)c2ccc[c]([Zr+2][C]3=CC=CC3)c21.[Cl-].[Cl-]. The van der Waals surface area contributed by atoms with Gasteiger partial charge >= 0.3 is 122 Å². The molecule has 20 heavy (non-hydrogen) atoms. The van der Waals surface area contributed by atoms with Gasteiger partial charge in [0, 0.05) is 0 Å². The molecule has 3 rings (SSSR count). The summed E-state index contributed by atoms with van der Waals surface area (Å²) < 4.78 is 3.38. The Morgan fingerprint density at radius 3 is 2.55 bits per heavy atom. The Hall–Kier alpha value is -0.0969. The minimum atomic E-state index is -0.577. The molecule has 0 aromatic heterocycles. The number of fused-ring (bicyclic) bond motifs is 1. The molecule has 1 atom stereocenters. The maximum absolute atomic E-state index is 2.37. The molecule has 1 aromatic carbocycles. The van der Waals surface area contributed by atoms with Crippen LogP contribution in [0.1, 0.15) is 44.2 Å². The Labute approximate surface area is 145 Å². The van der Waals surface area contributed by atoms with Crippen LogP contribution >= 0.6 is 0 Å². The third-order valence-corrected chi connectivity index (χ3v) is 7.63. The van der Waals surface area contributed by atoms with Gasteiger partial charge in [-0.15, -0.1) is 0 Å². The number of benzene rings is 1. The molecule has 1 aromatic rings. The summed E-state index contributed by atoms with van der Waals surface area (Å²) in [7, 11) is 0. The topological polar surface area (TPSA) is 0 Å². The van der Waals surface area contributed by atoms with Crippen LogP contribution in [-0.2, 0) is 23.2 Å². The van der Waals surface area contributed by atoms with Gasteiger partial charge in [0.2, 0.25) is 0 Å². The van der Waals surface area contributed by atoms with Gasteiger partial charge in [-0.25, -0.2) is 0 Å². The number of allylic oxidation sites excluding steroid dienone is 6. The number of hydrogen-bond acceptors (Lipinski definition) is 0. The van der Waals surface area contributed by atoms with E-state index >= 15 is 0 Å². The molecule has 2 aliphatic rings. The molecule has 3 heteroatoms. The molecule has 0 radical (unpaired) electrons.